The van der Waals surface area contributed by atoms with Crippen LogP contribution in [0.4, 0.5) is 8.78 Å². The lowest BCUT2D eigenvalue weighted by molar-refractivity contribution is 0.419. The molecule has 1 N–H and O–H groups in total. The molecule has 0 aliphatic rings. The Labute approximate surface area is 117 Å². The van der Waals surface area contributed by atoms with Gasteiger partial charge in [0.1, 0.15) is 11.6 Å². The minimum atomic E-state index is -0.377. The molecule has 2 rings (SSSR count). The molecule has 2 atom stereocenters. The predicted octanol–water partition coefficient (Wildman–Crippen LogP) is 3.21. The van der Waals surface area contributed by atoms with Crippen LogP contribution < -0.4 is 5.32 Å². The zero-order valence-electron chi connectivity index (χ0n) is 11.9. The summed E-state index contributed by atoms with van der Waals surface area (Å²) in [7, 11) is 0. The summed E-state index contributed by atoms with van der Waals surface area (Å²) in [5, 5.41) is 3.27. The number of rotatable bonds is 5. The first kappa shape index (κ1) is 14.7. The first-order chi connectivity index (χ1) is 9.47. The van der Waals surface area contributed by atoms with Gasteiger partial charge in [0.15, 0.2) is 0 Å². The van der Waals surface area contributed by atoms with Crippen LogP contribution in [0.25, 0.3) is 0 Å². The first-order valence-electron chi connectivity index (χ1n) is 6.64. The third kappa shape index (κ3) is 3.42. The summed E-state index contributed by atoms with van der Waals surface area (Å²) in [4.78, 5) is 3.97. The fourth-order valence-electron chi connectivity index (χ4n) is 2.27. The summed E-state index contributed by atoms with van der Waals surface area (Å²) in [6.07, 6.45) is 5.31. The van der Waals surface area contributed by atoms with Crippen molar-refractivity contribution >= 4 is 0 Å². The summed E-state index contributed by atoms with van der Waals surface area (Å²) in [5.41, 5.74) is 0.676. The van der Waals surface area contributed by atoms with E-state index in [1.165, 1.54) is 12.1 Å². The lowest BCUT2D eigenvalue weighted by Crippen LogP contribution is -2.32. The van der Waals surface area contributed by atoms with Crippen molar-refractivity contribution < 1.29 is 8.78 Å². The van der Waals surface area contributed by atoms with Gasteiger partial charge in [-0.05, 0) is 38.5 Å². The van der Waals surface area contributed by atoms with Crippen molar-refractivity contribution in [3.05, 3.63) is 53.6 Å². The van der Waals surface area contributed by atoms with Crippen molar-refractivity contribution in [1.82, 2.24) is 14.9 Å². The fraction of sp³-hybridized carbons (Fsp3) is 0.400. The number of hydrogen-bond acceptors (Lipinski definition) is 2. The maximum atomic E-state index is 13.9. The zero-order valence-corrected chi connectivity index (χ0v) is 11.9. The smallest absolute Gasteiger partial charge is 0.128 e. The molecule has 1 heterocycles. The summed E-state index contributed by atoms with van der Waals surface area (Å²) >= 11 is 0. The summed E-state index contributed by atoms with van der Waals surface area (Å²) in [5.74, 6) is -0.754. The number of benzene rings is 1. The monoisotopic (exact) mass is 279 g/mol. The van der Waals surface area contributed by atoms with Crippen LogP contribution in [0.2, 0.25) is 0 Å². The highest BCUT2D eigenvalue weighted by Gasteiger charge is 2.15. The van der Waals surface area contributed by atoms with E-state index in [2.05, 4.69) is 10.3 Å². The lowest BCUT2D eigenvalue weighted by Gasteiger charge is -2.21. The van der Waals surface area contributed by atoms with Crippen molar-refractivity contribution in [2.45, 2.75) is 39.4 Å². The van der Waals surface area contributed by atoms with E-state index in [9.17, 15) is 8.78 Å². The van der Waals surface area contributed by atoms with Gasteiger partial charge in [-0.1, -0.05) is 0 Å². The fourth-order valence-corrected chi connectivity index (χ4v) is 2.27. The molecule has 0 aliphatic heterocycles. The highest BCUT2D eigenvalue weighted by Crippen LogP contribution is 2.21. The molecule has 108 valence electrons. The average molecular weight is 279 g/mol. The van der Waals surface area contributed by atoms with Gasteiger partial charge in [-0.3, -0.25) is 0 Å². The van der Waals surface area contributed by atoms with Crippen LogP contribution in [0.5, 0.6) is 0 Å². The molecule has 2 aromatic rings. The van der Waals surface area contributed by atoms with Gasteiger partial charge in [-0.15, -0.1) is 0 Å². The maximum absolute atomic E-state index is 13.9. The second-order valence-corrected chi connectivity index (χ2v) is 5.17. The molecular weight excluding hydrogens is 260 g/mol. The molecule has 5 heteroatoms. The number of aryl methyl sites for hydroxylation is 1. The van der Waals surface area contributed by atoms with E-state index >= 15 is 0 Å². The number of imidazole rings is 1. The van der Waals surface area contributed by atoms with Gasteiger partial charge in [0, 0.05) is 36.6 Å². The van der Waals surface area contributed by atoms with Crippen molar-refractivity contribution in [1.29, 1.82) is 0 Å². The molecule has 0 saturated heterocycles. The molecule has 2 unspecified atom stereocenters. The van der Waals surface area contributed by atoms with Gasteiger partial charge in [0.05, 0.1) is 6.33 Å². The van der Waals surface area contributed by atoms with Crippen LogP contribution in [-0.2, 0) is 6.54 Å². The largest absolute Gasteiger partial charge is 0.336 e. The minimum Gasteiger partial charge on any atom is -0.336 e. The maximum Gasteiger partial charge on any atom is 0.128 e. The molecule has 1 aromatic carbocycles. The van der Waals surface area contributed by atoms with Crippen molar-refractivity contribution in [2.24, 2.45) is 0 Å². The van der Waals surface area contributed by atoms with Crippen LogP contribution in [0.15, 0.2) is 30.9 Å². The van der Waals surface area contributed by atoms with Gasteiger partial charge in [-0.2, -0.15) is 0 Å². The number of halogens is 2. The summed E-state index contributed by atoms with van der Waals surface area (Å²) < 4.78 is 29.4. The van der Waals surface area contributed by atoms with Gasteiger partial charge in [0.2, 0.25) is 0 Å². The molecule has 0 fully saturated rings. The van der Waals surface area contributed by atoms with Crippen molar-refractivity contribution in [2.75, 3.05) is 0 Å². The molecule has 1 aromatic heterocycles. The lowest BCUT2D eigenvalue weighted by atomic mass is 10.0. The third-order valence-corrected chi connectivity index (χ3v) is 3.32. The van der Waals surface area contributed by atoms with Gasteiger partial charge in [-0.25, -0.2) is 13.8 Å². The molecule has 0 bridgehead atoms. The number of nitrogens with one attached hydrogen (secondary N) is 1. The SMILES string of the molecule is Cc1cc(F)c(C(C)NC(C)Cn2ccnc2)cc1F. The normalized spacial score (nSPS) is 14.2. The molecule has 0 aliphatic carbocycles. The number of aromatic nitrogens is 2. The van der Waals surface area contributed by atoms with E-state index < -0.39 is 0 Å². The van der Waals surface area contributed by atoms with E-state index in [-0.39, 0.29) is 23.7 Å². The Balaban J connectivity index is 2.04. The molecule has 20 heavy (non-hydrogen) atoms. The molecule has 0 amide bonds. The van der Waals surface area contributed by atoms with E-state index in [1.54, 1.807) is 19.4 Å². The van der Waals surface area contributed by atoms with E-state index in [0.717, 1.165) is 6.54 Å². The molecule has 0 radical (unpaired) electrons. The third-order valence-electron chi connectivity index (χ3n) is 3.32. The van der Waals surface area contributed by atoms with E-state index in [0.29, 0.717) is 11.1 Å². The average Bonchev–Trinajstić information content (AvgIpc) is 2.86. The van der Waals surface area contributed by atoms with Crippen LogP contribution in [-0.4, -0.2) is 15.6 Å². The first-order valence-corrected chi connectivity index (χ1v) is 6.64. The Kier molecular flexibility index (Phi) is 4.49. The minimum absolute atomic E-state index is 0.114. The standard InChI is InChI=1S/C15H19F2N3/c1-10-6-15(17)13(7-14(10)16)12(3)19-11(2)8-20-5-4-18-9-20/h4-7,9,11-12,19H,8H2,1-3H3. The van der Waals surface area contributed by atoms with Gasteiger partial charge < -0.3 is 9.88 Å². The zero-order chi connectivity index (χ0) is 14.7. The predicted molar refractivity (Wildman–Crippen MR) is 74.3 cm³/mol. The molecule has 0 saturated carbocycles. The van der Waals surface area contributed by atoms with Crippen LogP contribution in [0.3, 0.4) is 0 Å². The Hall–Kier alpha value is -1.75. The second kappa shape index (κ2) is 6.13. The van der Waals surface area contributed by atoms with Crippen LogP contribution >= 0.6 is 0 Å². The van der Waals surface area contributed by atoms with Crippen molar-refractivity contribution in [3.8, 4) is 0 Å². The molecule has 3 nitrogen and oxygen atoms in total. The van der Waals surface area contributed by atoms with Gasteiger partial charge >= 0.3 is 0 Å². The highest BCUT2D eigenvalue weighted by atomic mass is 19.1. The Bertz CT molecular complexity index is 567. The molecular formula is C15H19F2N3. The Morgan fingerprint density at radius 2 is 2.00 bits per heavy atom. The number of hydrogen-bond donors (Lipinski definition) is 1. The Morgan fingerprint density at radius 3 is 2.65 bits per heavy atom. The summed E-state index contributed by atoms with van der Waals surface area (Å²) in [6.45, 7) is 6.11. The number of nitrogens with zero attached hydrogens (tertiary/aromatic N) is 2. The van der Waals surface area contributed by atoms with Gasteiger partial charge in [0.25, 0.3) is 0 Å². The van der Waals surface area contributed by atoms with Crippen LogP contribution in [0.1, 0.15) is 31.0 Å². The van der Waals surface area contributed by atoms with Crippen molar-refractivity contribution in [3.63, 3.8) is 0 Å². The van der Waals surface area contributed by atoms with E-state index in [1.807, 2.05) is 24.6 Å². The highest BCUT2D eigenvalue weighted by molar-refractivity contribution is 5.27. The van der Waals surface area contributed by atoms with Crippen LogP contribution in [0, 0.1) is 18.6 Å². The summed E-state index contributed by atoms with van der Waals surface area (Å²) in [6, 6.07) is 2.36. The topological polar surface area (TPSA) is 29.9 Å². The van der Waals surface area contributed by atoms with E-state index in [4.69, 9.17) is 0 Å². The quantitative estimate of drug-likeness (QED) is 0.910. The second-order valence-electron chi connectivity index (χ2n) is 5.17. The molecule has 0 spiro atoms. The Morgan fingerprint density at radius 1 is 1.25 bits per heavy atom.